The minimum Gasteiger partial charge on any atom is -0.486 e. The van der Waals surface area contributed by atoms with E-state index in [0.29, 0.717) is 25.2 Å². The first-order chi connectivity index (χ1) is 8.24. The predicted octanol–water partition coefficient (Wildman–Crippen LogP) is 2.27. The summed E-state index contributed by atoms with van der Waals surface area (Å²) in [7, 11) is 0. The van der Waals surface area contributed by atoms with Crippen molar-refractivity contribution in [3.8, 4) is 11.5 Å². The molecule has 2 heterocycles. The zero-order valence-corrected chi connectivity index (χ0v) is 10.5. The summed E-state index contributed by atoms with van der Waals surface area (Å²) in [5.41, 5.74) is 1.38. The number of hydrogen-bond acceptors (Lipinski definition) is 3. The van der Waals surface area contributed by atoms with Crippen LogP contribution in [0.4, 0.5) is 0 Å². The first-order valence-electron chi connectivity index (χ1n) is 6.37. The van der Waals surface area contributed by atoms with Gasteiger partial charge in [-0.2, -0.15) is 0 Å². The first-order valence-corrected chi connectivity index (χ1v) is 6.37. The highest BCUT2D eigenvalue weighted by molar-refractivity contribution is 5.45. The summed E-state index contributed by atoms with van der Waals surface area (Å²) in [5.74, 6) is 2.46. The van der Waals surface area contributed by atoms with Crippen molar-refractivity contribution in [2.24, 2.45) is 0 Å². The zero-order valence-electron chi connectivity index (χ0n) is 10.5. The van der Waals surface area contributed by atoms with E-state index < -0.39 is 0 Å². The molecule has 1 aromatic carbocycles. The Morgan fingerprint density at radius 3 is 2.53 bits per heavy atom. The Kier molecular flexibility index (Phi) is 2.71. The van der Waals surface area contributed by atoms with Gasteiger partial charge in [-0.3, -0.25) is 4.90 Å². The van der Waals surface area contributed by atoms with E-state index in [1.807, 2.05) is 6.07 Å². The van der Waals surface area contributed by atoms with Gasteiger partial charge >= 0.3 is 0 Å². The Hall–Kier alpha value is -1.22. The lowest BCUT2D eigenvalue weighted by molar-refractivity contribution is 0.109. The Bertz CT molecular complexity index is 411. The van der Waals surface area contributed by atoms with Crippen LogP contribution in [-0.4, -0.2) is 37.2 Å². The van der Waals surface area contributed by atoms with Gasteiger partial charge in [-0.05, 0) is 31.5 Å². The van der Waals surface area contributed by atoms with Crippen molar-refractivity contribution in [2.75, 3.05) is 26.3 Å². The molecule has 0 spiro atoms. The molecule has 2 aliphatic rings. The molecule has 0 radical (unpaired) electrons. The van der Waals surface area contributed by atoms with Crippen LogP contribution < -0.4 is 9.47 Å². The summed E-state index contributed by atoms with van der Waals surface area (Å²) in [6, 6.07) is 7.03. The molecule has 3 nitrogen and oxygen atoms in total. The Morgan fingerprint density at radius 2 is 1.82 bits per heavy atom. The topological polar surface area (TPSA) is 21.7 Å². The standard InChI is InChI=1S/C14H19NO2/c1-10(2)15-8-12(9-15)11-3-4-13-14(7-11)17-6-5-16-13/h3-4,7,10,12H,5-6,8-9H2,1-2H3. The van der Waals surface area contributed by atoms with Gasteiger partial charge in [0.2, 0.25) is 0 Å². The molecular weight excluding hydrogens is 214 g/mol. The van der Waals surface area contributed by atoms with Crippen LogP contribution in [0.2, 0.25) is 0 Å². The molecule has 2 aliphatic heterocycles. The number of likely N-dealkylation sites (tertiary alicyclic amines) is 1. The molecule has 0 aromatic heterocycles. The van der Waals surface area contributed by atoms with Gasteiger partial charge in [0, 0.05) is 25.0 Å². The summed E-state index contributed by atoms with van der Waals surface area (Å²) in [5, 5.41) is 0. The van der Waals surface area contributed by atoms with Crippen LogP contribution in [-0.2, 0) is 0 Å². The molecule has 92 valence electrons. The fourth-order valence-electron chi connectivity index (χ4n) is 2.46. The van der Waals surface area contributed by atoms with E-state index in [1.165, 1.54) is 5.56 Å². The summed E-state index contributed by atoms with van der Waals surface area (Å²) in [6.07, 6.45) is 0. The van der Waals surface area contributed by atoms with E-state index in [2.05, 4.69) is 30.9 Å². The summed E-state index contributed by atoms with van der Waals surface area (Å²) in [4.78, 5) is 2.49. The Balaban J connectivity index is 1.73. The number of nitrogens with zero attached hydrogens (tertiary/aromatic N) is 1. The van der Waals surface area contributed by atoms with Crippen LogP contribution in [0.3, 0.4) is 0 Å². The molecule has 0 atom stereocenters. The lowest BCUT2D eigenvalue weighted by Gasteiger charge is -2.42. The fraction of sp³-hybridized carbons (Fsp3) is 0.571. The molecule has 0 amide bonds. The number of ether oxygens (including phenoxy) is 2. The maximum atomic E-state index is 5.62. The maximum absolute atomic E-state index is 5.62. The van der Waals surface area contributed by atoms with Gasteiger partial charge in [0.15, 0.2) is 11.5 Å². The van der Waals surface area contributed by atoms with E-state index >= 15 is 0 Å². The highest BCUT2D eigenvalue weighted by Gasteiger charge is 2.30. The normalized spacial score (nSPS) is 20.4. The largest absolute Gasteiger partial charge is 0.486 e. The smallest absolute Gasteiger partial charge is 0.161 e. The number of hydrogen-bond donors (Lipinski definition) is 0. The molecule has 3 heteroatoms. The van der Waals surface area contributed by atoms with Crippen LogP contribution in [0.5, 0.6) is 11.5 Å². The zero-order chi connectivity index (χ0) is 11.8. The average molecular weight is 233 g/mol. The molecule has 3 rings (SSSR count). The van der Waals surface area contributed by atoms with Crippen LogP contribution in [0.15, 0.2) is 18.2 Å². The van der Waals surface area contributed by atoms with Crippen molar-refractivity contribution in [3.05, 3.63) is 23.8 Å². The maximum Gasteiger partial charge on any atom is 0.161 e. The molecule has 17 heavy (non-hydrogen) atoms. The van der Waals surface area contributed by atoms with Crippen LogP contribution in [0.1, 0.15) is 25.3 Å². The van der Waals surface area contributed by atoms with Gasteiger partial charge in [-0.25, -0.2) is 0 Å². The van der Waals surface area contributed by atoms with Crippen molar-refractivity contribution in [2.45, 2.75) is 25.8 Å². The minimum atomic E-state index is 0.656. The van der Waals surface area contributed by atoms with Gasteiger partial charge in [0.1, 0.15) is 13.2 Å². The van der Waals surface area contributed by atoms with E-state index in [0.717, 1.165) is 24.6 Å². The number of benzene rings is 1. The molecule has 0 saturated carbocycles. The molecular formula is C14H19NO2. The third kappa shape index (κ3) is 2.00. The van der Waals surface area contributed by atoms with Gasteiger partial charge in [-0.1, -0.05) is 6.07 Å². The van der Waals surface area contributed by atoms with Gasteiger partial charge in [0.05, 0.1) is 0 Å². The van der Waals surface area contributed by atoms with Crippen molar-refractivity contribution in [1.29, 1.82) is 0 Å². The van der Waals surface area contributed by atoms with E-state index in [4.69, 9.17) is 9.47 Å². The summed E-state index contributed by atoms with van der Waals surface area (Å²) >= 11 is 0. The highest BCUT2D eigenvalue weighted by atomic mass is 16.6. The minimum absolute atomic E-state index is 0.656. The number of fused-ring (bicyclic) bond motifs is 1. The Morgan fingerprint density at radius 1 is 1.12 bits per heavy atom. The quantitative estimate of drug-likeness (QED) is 0.782. The highest BCUT2D eigenvalue weighted by Crippen LogP contribution is 2.36. The lowest BCUT2D eigenvalue weighted by Crippen LogP contribution is -2.48. The lowest BCUT2D eigenvalue weighted by atomic mass is 9.90. The van der Waals surface area contributed by atoms with Gasteiger partial charge in [0.25, 0.3) is 0 Å². The van der Waals surface area contributed by atoms with Crippen molar-refractivity contribution < 1.29 is 9.47 Å². The van der Waals surface area contributed by atoms with E-state index in [9.17, 15) is 0 Å². The van der Waals surface area contributed by atoms with Crippen LogP contribution in [0.25, 0.3) is 0 Å². The van der Waals surface area contributed by atoms with Crippen molar-refractivity contribution in [1.82, 2.24) is 4.90 Å². The molecule has 0 unspecified atom stereocenters. The SMILES string of the molecule is CC(C)N1CC(c2ccc3c(c2)OCCO3)C1. The monoisotopic (exact) mass is 233 g/mol. The van der Waals surface area contributed by atoms with E-state index in [1.54, 1.807) is 0 Å². The van der Waals surface area contributed by atoms with Crippen molar-refractivity contribution in [3.63, 3.8) is 0 Å². The molecule has 1 aromatic rings. The fourth-order valence-corrected chi connectivity index (χ4v) is 2.46. The molecule has 0 bridgehead atoms. The van der Waals surface area contributed by atoms with Crippen molar-refractivity contribution >= 4 is 0 Å². The molecule has 1 saturated heterocycles. The molecule has 0 N–H and O–H groups in total. The number of rotatable bonds is 2. The second-order valence-electron chi connectivity index (χ2n) is 5.15. The summed E-state index contributed by atoms with van der Waals surface area (Å²) < 4.78 is 11.2. The van der Waals surface area contributed by atoms with E-state index in [-0.39, 0.29) is 0 Å². The molecule has 1 fully saturated rings. The van der Waals surface area contributed by atoms with Gasteiger partial charge in [-0.15, -0.1) is 0 Å². The third-order valence-electron chi connectivity index (χ3n) is 3.68. The average Bonchev–Trinajstić information content (AvgIpc) is 2.26. The van der Waals surface area contributed by atoms with Gasteiger partial charge < -0.3 is 9.47 Å². The molecule has 0 aliphatic carbocycles. The first kappa shape index (κ1) is 10.9. The summed E-state index contributed by atoms with van der Waals surface area (Å²) in [6.45, 7) is 8.16. The van der Waals surface area contributed by atoms with Crippen LogP contribution in [0, 0.1) is 0 Å². The van der Waals surface area contributed by atoms with Crippen LogP contribution >= 0.6 is 0 Å². The predicted molar refractivity (Wildman–Crippen MR) is 66.9 cm³/mol. The second-order valence-corrected chi connectivity index (χ2v) is 5.15. The Labute approximate surface area is 102 Å². The third-order valence-corrected chi connectivity index (χ3v) is 3.68. The second kappa shape index (κ2) is 4.22.